The zero-order valence-electron chi connectivity index (χ0n) is 8.49. The molecule has 0 aromatic heterocycles. The van der Waals surface area contributed by atoms with Crippen LogP contribution in [-0.4, -0.2) is 17.5 Å². The number of nitrogens with zero attached hydrogens (tertiary/aromatic N) is 1. The van der Waals surface area contributed by atoms with Gasteiger partial charge < -0.3 is 10.6 Å². The average molecular weight is 227 g/mol. The third-order valence-corrected chi connectivity index (χ3v) is 1.74. The second-order valence-corrected chi connectivity index (χ2v) is 2.91. The summed E-state index contributed by atoms with van der Waals surface area (Å²) in [6.07, 6.45) is 0. The molecule has 0 fully saturated rings. The van der Waals surface area contributed by atoms with Crippen LogP contribution in [-0.2, 0) is 0 Å². The Morgan fingerprint density at radius 2 is 2.25 bits per heavy atom. The first kappa shape index (κ1) is 11.9. The van der Waals surface area contributed by atoms with Gasteiger partial charge in [-0.05, 0) is 13.0 Å². The number of nitrogens with one attached hydrogen (secondary N) is 2. The first-order chi connectivity index (χ1) is 7.54. The normalized spacial score (nSPS) is 9.62. The molecule has 0 saturated heterocycles. The predicted octanol–water partition coefficient (Wildman–Crippen LogP) is 1.88. The molecule has 0 aliphatic rings. The van der Waals surface area contributed by atoms with Gasteiger partial charge in [0, 0.05) is 24.4 Å². The lowest BCUT2D eigenvalue weighted by Gasteiger charge is -2.05. The second-order valence-electron chi connectivity index (χ2n) is 2.91. The molecule has 2 amide bonds. The fourth-order valence-electron chi connectivity index (χ4n) is 1.07. The number of amides is 2. The Morgan fingerprint density at radius 1 is 1.56 bits per heavy atom. The van der Waals surface area contributed by atoms with Crippen molar-refractivity contribution < 1.29 is 14.1 Å². The highest BCUT2D eigenvalue weighted by molar-refractivity contribution is 5.89. The van der Waals surface area contributed by atoms with E-state index in [0.29, 0.717) is 6.54 Å². The maximum atomic E-state index is 13.1. The van der Waals surface area contributed by atoms with E-state index in [2.05, 4.69) is 10.6 Å². The summed E-state index contributed by atoms with van der Waals surface area (Å²) in [5, 5.41) is 15.1. The van der Waals surface area contributed by atoms with Gasteiger partial charge in [-0.15, -0.1) is 0 Å². The molecule has 0 radical (unpaired) electrons. The number of hydrogen-bond donors (Lipinski definition) is 2. The van der Waals surface area contributed by atoms with Gasteiger partial charge in [-0.25, -0.2) is 4.79 Å². The van der Waals surface area contributed by atoms with Gasteiger partial charge in [0.25, 0.3) is 0 Å². The number of nitro groups is 1. The number of carbonyl (C=O) groups excluding carboxylic acids is 1. The van der Waals surface area contributed by atoms with Gasteiger partial charge in [0.1, 0.15) is 0 Å². The number of halogens is 1. The van der Waals surface area contributed by atoms with Crippen LogP contribution in [0, 0.1) is 15.9 Å². The van der Waals surface area contributed by atoms with Crippen LogP contribution in [0.2, 0.25) is 0 Å². The van der Waals surface area contributed by atoms with Gasteiger partial charge in [0.2, 0.25) is 5.82 Å². The summed E-state index contributed by atoms with van der Waals surface area (Å²) in [5.41, 5.74) is -0.463. The average Bonchev–Trinajstić information content (AvgIpc) is 2.17. The van der Waals surface area contributed by atoms with E-state index in [0.717, 1.165) is 12.1 Å². The van der Waals surface area contributed by atoms with Crippen molar-refractivity contribution in [1.82, 2.24) is 5.32 Å². The van der Waals surface area contributed by atoms with Crippen molar-refractivity contribution in [3.05, 3.63) is 34.1 Å². The molecule has 0 aliphatic heterocycles. The molecule has 1 rings (SSSR count). The van der Waals surface area contributed by atoms with Crippen LogP contribution in [0.1, 0.15) is 6.92 Å². The zero-order chi connectivity index (χ0) is 12.1. The van der Waals surface area contributed by atoms with Gasteiger partial charge in [-0.1, -0.05) is 0 Å². The lowest BCUT2D eigenvalue weighted by molar-refractivity contribution is -0.387. The Bertz CT molecular complexity index is 422. The molecule has 0 saturated carbocycles. The maximum Gasteiger partial charge on any atom is 0.319 e. The minimum absolute atomic E-state index is 0.161. The Balaban J connectivity index is 2.81. The number of carbonyl (C=O) groups is 1. The summed E-state index contributed by atoms with van der Waals surface area (Å²) in [5.74, 6) is -0.987. The van der Waals surface area contributed by atoms with E-state index in [9.17, 15) is 19.3 Å². The first-order valence-corrected chi connectivity index (χ1v) is 4.53. The molecule has 86 valence electrons. The van der Waals surface area contributed by atoms with E-state index in [1.54, 1.807) is 6.92 Å². The van der Waals surface area contributed by atoms with Crippen molar-refractivity contribution >= 4 is 17.4 Å². The van der Waals surface area contributed by atoms with Crippen LogP contribution in [0.5, 0.6) is 0 Å². The van der Waals surface area contributed by atoms with Crippen molar-refractivity contribution in [1.29, 1.82) is 0 Å². The van der Waals surface area contributed by atoms with Crippen LogP contribution in [0.3, 0.4) is 0 Å². The van der Waals surface area contributed by atoms with Crippen molar-refractivity contribution in [3.8, 4) is 0 Å². The first-order valence-electron chi connectivity index (χ1n) is 4.53. The monoisotopic (exact) mass is 227 g/mol. The van der Waals surface area contributed by atoms with E-state index in [1.807, 2.05) is 0 Å². The highest BCUT2D eigenvalue weighted by Crippen LogP contribution is 2.20. The van der Waals surface area contributed by atoms with Gasteiger partial charge in [0.05, 0.1) is 4.92 Å². The Kier molecular flexibility index (Phi) is 3.76. The Labute approximate surface area is 90.6 Å². The molecule has 7 heteroatoms. The van der Waals surface area contributed by atoms with E-state index in [4.69, 9.17) is 0 Å². The topological polar surface area (TPSA) is 84.3 Å². The standard InChI is InChI=1S/C9H10FN3O3/c1-2-11-9(14)12-6-3-4-8(13(15)16)7(10)5-6/h3-5H,2H2,1H3,(H2,11,12,14). The van der Waals surface area contributed by atoms with Gasteiger partial charge in [-0.3, -0.25) is 10.1 Å². The molecular formula is C9H10FN3O3. The lowest BCUT2D eigenvalue weighted by Crippen LogP contribution is -2.28. The van der Waals surface area contributed by atoms with E-state index >= 15 is 0 Å². The fraction of sp³-hybridized carbons (Fsp3) is 0.222. The fourth-order valence-corrected chi connectivity index (χ4v) is 1.07. The molecule has 6 nitrogen and oxygen atoms in total. The number of hydrogen-bond acceptors (Lipinski definition) is 3. The zero-order valence-corrected chi connectivity index (χ0v) is 8.49. The summed E-state index contributed by atoms with van der Waals surface area (Å²) < 4.78 is 13.1. The van der Waals surface area contributed by atoms with Crippen LogP contribution >= 0.6 is 0 Å². The van der Waals surface area contributed by atoms with E-state index < -0.39 is 22.5 Å². The Hall–Kier alpha value is -2.18. The quantitative estimate of drug-likeness (QED) is 0.610. The molecule has 0 atom stereocenters. The molecule has 1 aromatic rings. The van der Waals surface area contributed by atoms with Crippen LogP contribution < -0.4 is 10.6 Å². The van der Waals surface area contributed by atoms with Gasteiger partial charge in [-0.2, -0.15) is 4.39 Å². The van der Waals surface area contributed by atoms with Crippen molar-refractivity contribution in [2.24, 2.45) is 0 Å². The molecule has 1 aromatic carbocycles. The third-order valence-electron chi connectivity index (χ3n) is 1.74. The predicted molar refractivity (Wildman–Crippen MR) is 55.7 cm³/mol. The number of benzene rings is 1. The summed E-state index contributed by atoms with van der Waals surface area (Å²) >= 11 is 0. The molecule has 2 N–H and O–H groups in total. The van der Waals surface area contributed by atoms with E-state index in [1.165, 1.54) is 6.07 Å². The highest BCUT2D eigenvalue weighted by Gasteiger charge is 2.14. The van der Waals surface area contributed by atoms with Crippen LogP contribution in [0.4, 0.5) is 20.6 Å². The van der Waals surface area contributed by atoms with Gasteiger partial charge in [0.15, 0.2) is 0 Å². The minimum atomic E-state index is -0.987. The molecule has 0 spiro atoms. The number of urea groups is 1. The summed E-state index contributed by atoms with van der Waals surface area (Å²) in [7, 11) is 0. The molecule has 0 unspecified atom stereocenters. The summed E-state index contributed by atoms with van der Waals surface area (Å²) in [6.45, 7) is 2.16. The molecule has 0 bridgehead atoms. The molecule has 16 heavy (non-hydrogen) atoms. The van der Waals surface area contributed by atoms with Crippen molar-refractivity contribution in [3.63, 3.8) is 0 Å². The van der Waals surface area contributed by atoms with Crippen LogP contribution in [0.25, 0.3) is 0 Å². The van der Waals surface area contributed by atoms with Crippen molar-refractivity contribution in [2.45, 2.75) is 6.92 Å². The van der Waals surface area contributed by atoms with Gasteiger partial charge >= 0.3 is 11.7 Å². The summed E-state index contributed by atoms with van der Waals surface area (Å²) in [6, 6.07) is 2.66. The van der Waals surface area contributed by atoms with E-state index in [-0.39, 0.29) is 5.69 Å². The smallest absolute Gasteiger partial charge is 0.319 e. The SMILES string of the molecule is CCNC(=O)Nc1ccc([N+](=O)[O-])c(F)c1. The van der Waals surface area contributed by atoms with Crippen LogP contribution in [0.15, 0.2) is 18.2 Å². The number of nitro benzene ring substituents is 1. The van der Waals surface area contributed by atoms with Crippen molar-refractivity contribution in [2.75, 3.05) is 11.9 Å². The molecule has 0 heterocycles. The number of rotatable bonds is 3. The molecular weight excluding hydrogens is 217 g/mol. The maximum absolute atomic E-state index is 13.1. The minimum Gasteiger partial charge on any atom is -0.338 e. The lowest BCUT2D eigenvalue weighted by atomic mass is 10.2. The summed E-state index contributed by atoms with van der Waals surface area (Å²) in [4.78, 5) is 20.6. The third kappa shape index (κ3) is 2.91. The highest BCUT2D eigenvalue weighted by atomic mass is 19.1. The number of anilines is 1. The Morgan fingerprint density at radius 3 is 2.75 bits per heavy atom. The molecule has 0 aliphatic carbocycles. The second kappa shape index (κ2) is 5.06. The largest absolute Gasteiger partial charge is 0.338 e.